The van der Waals surface area contributed by atoms with Gasteiger partial charge in [0, 0.05) is 51.7 Å². The lowest BCUT2D eigenvalue weighted by Gasteiger charge is -2.39. The zero-order valence-corrected chi connectivity index (χ0v) is 17.3. The second kappa shape index (κ2) is 8.95. The van der Waals surface area contributed by atoms with E-state index in [-0.39, 0.29) is 28.3 Å². The average molecular weight is 432 g/mol. The van der Waals surface area contributed by atoms with Crippen molar-refractivity contribution in [1.82, 2.24) is 19.8 Å². The molecule has 4 rings (SSSR count). The predicted octanol–water partition coefficient (Wildman–Crippen LogP) is 2.47. The predicted molar refractivity (Wildman–Crippen MR) is 111 cm³/mol. The summed E-state index contributed by atoms with van der Waals surface area (Å²) in [5.41, 5.74) is 0.282. The molecule has 2 saturated heterocycles. The zero-order valence-electron chi connectivity index (χ0n) is 16.5. The first-order chi connectivity index (χ1) is 14.5. The van der Waals surface area contributed by atoms with Gasteiger partial charge in [-0.05, 0) is 31.0 Å². The molecule has 158 valence electrons. The highest BCUT2D eigenvalue weighted by Gasteiger charge is 2.32. The van der Waals surface area contributed by atoms with Gasteiger partial charge < -0.3 is 14.7 Å². The molecule has 0 spiro atoms. The average Bonchev–Trinajstić information content (AvgIpc) is 2.79. The molecule has 0 radical (unpaired) electrons. The van der Waals surface area contributed by atoms with Crippen molar-refractivity contribution < 1.29 is 14.0 Å². The molecule has 2 amide bonds. The third-order valence-corrected chi connectivity index (χ3v) is 6.00. The smallest absolute Gasteiger partial charge is 0.255 e. The van der Waals surface area contributed by atoms with Crippen molar-refractivity contribution in [2.24, 2.45) is 5.92 Å². The number of anilines is 1. The molecule has 7 nitrogen and oxygen atoms in total. The van der Waals surface area contributed by atoms with Gasteiger partial charge in [0.2, 0.25) is 5.91 Å². The van der Waals surface area contributed by atoms with E-state index in [1.54, 1.807) is 23.5 Å². The third-order valence-electron chi connectivity index (χ3n) is 5.68. The maximum atomic E-state index is 13.2. The molecule has 2 aromatic rings. The number of hydrogen-bond acceptors (Lipinski definition) is 5. The van der Waals surface area contributed by atoms with Crippen molar-refractivity contribution in [3.05, 3.63) is 53.2 Å². The van der Waals surface area contributed by atoms with Crippen LogP contribution in [0.25, 0.3) is 0 Å². The fraction of sp³-hybridized carbons (Fsp3) is 0.429. The maximum absolute atomic E-state index is 13.2. The minimum atomic E-state index is -0.477. The first-order valence-corrected chi connectivity index (χ1v) is 10.4. The first kappa shape index (κ1) is 20.5. The summed E-state index contributed by atoms with van der Waals surface area (Å²) >= 11 is 6.02. The third kappa shape index (κ3) is 4.38. The van der Waals surface area contributed by atoms with E-state index in [2.05, 4.69) is 14.9 Å². The van der Waals surface area contributed by atoms with Gasteiger partial charge in [0.1, 0.15) is 11.6 Å². The van der Waals surface area contributed by atoms with Crippen molar-refractivity contribution in [2.45, 2.75) is 12.8 Å². The van der Waals surface area contributed by atoms with E-state index < -0.39 is 5.82 Å². The van der Waals surface area contributed by atoms with E-state index in [9.17, 15) is 14.0 Å². The van der Waals surface area contributed by atoms with Gasteiger partial charge in [-0.25, -0.2) is 9.37 Å². The van der Waals surface area contributed by atoms with E-state index in [0.29, 0.717) is 32.7 Å². The summed E-state index contributed by atoms with van der Waals surface area (Å²) in [4.78, 5) is 39.8. The van der Waals surface area contributed by atoms with E-state index >= 15 is 0 Å². The molecule has 1 aromatic heterocycles. The van der Waals surface area contributed by atoms with Crippen LogP contribution in [-0.2, 0) is 4.79 Å². The monoisotopic (exact) mass is 431 g/mol. The van der Waals surface area contributed by atoms with Crippen molar-refractivity contribution in [1.29, 1.82) is 0 Å². The lowest BCUT2D eigenvalue weighted by atomic mass is 9.96. The molecule has 1 unspecified atom stereocenters. The van der Waals surface area contributed by atoms with Gasteiger partial charge in [0.25, 0.3) is 5.91 Å². The van der Waals surface area contributed by atoms with E-state index in [1.807, 2.05) is 4.90 Å². The van der Waals surface area contributed by atoms with Gasteiger partial charge in [-0.15, -0.1) is 0 Å². The van der Waals surface area contributed by atoms with Crippen LogP contribution in [0, 0.1) is 11.7 Å². The van der Waals surface area contributed by atoms with Crippen LogP contribution in [0.3, 0.4) is 0 Å². The largest absolute Gasteiger partial charge is 0.355 e. The minimum Gasteiger partial charge on any atom is -0.355 e. The minimum absolute atomic E-state index is 0.0884. The first-order valence-electron chi connectivity index (χ1n) is 10.1. The second-order valence-electron chi connectivity index (χ2n) is 7.59. The number of hydrogen-bond donors (Lipinski definition) is 0. The van der Waals surface area contributed by atoms with Crippen LogP contribution in [-0.4, -0.2) is 70.9 Å². The molecule has 2 aliphatic heterocycles. The van der Waals surface area contributed by atoms with E-state index in [1.165, 1.54) is 12.1 Å². The number of nitrogens with zero attached hydrogens (tertiary/aromatic N) is 5. The van der Waals surface area contributed by atoms with Crippen molar-refractivity contribution in [2.75, 3.05) is 44.2 Å². The molecule has 30 heavy (non-hydrogen) atoms. The lowest BCUT2D eigenvalue weighted by molar-refractivity contribution is -0.137. The van der Waals surface area contributed by atoms with Crippen molar-refractivity contribution in [3.63, 3.8) is 0 Å². The van der Waals surface area contributed by atoms with Gasteiger partial charge in [0.05, 0.1) is 22.7 Å². The Morgan fingerprint density at radius 1 is 1.07 bits per heavy atom. The molecule has 0 aliphatic carbocycles. The van der Waals surface area contributed by atoms with Crippen LogP contribution < -0.4 is 4.90 Å². The Morgan fingerprint density at radius 3 is 2.53 bits per heavy atom. The van der Waals surface area contributed by atoms with Crippen LogP contribution in [0.5, 0.6) is 0 Å². The highest BCUT2D eigenvalue weighted by atomic mass is 35.5. The summed E-state index contributed by atoms with van der Waals surface area (Å²) < 4.78 is 13.2. The summed E-state index contributed by atoms with van der Waals surface area (Å²) in [5.74, 6) is 0.111. The lowest BCUT2D eigenvalue weighted by Crippen LogP contribution is -2.53. The van der Waals surface area contributed by atoms with Gasteiger partial charge in [-0.3, -0.25) is 14.6 Å². The summed E-state index contributed by atoms with van der Waals surface area (Å²) in [6.07, 6.45) is 6.78. The fourth-order valence-electron chi connectivity index (χ4n) is 4.06. The Morgan fingerprint density at radius 2 is 1.83 bits per heavy atom. The van der Waals surface area contributed by atoms with Crippen LogP contribution in [0.15, 0.2) is 36.8 Å². The fourth-order valence-corrected chi connectivity index (χ4v) is 4.31. The standard InChI is InChI=1S/C21H23ClFN5O2/c22-18-12-16(23)3-4-17(18)21(30)27-10-8-26(9-11-27)20(29)15-2-1-7-28(14-15)19-13-24-5-6-25-19/h3-6,12-13,15H,1-2,7-11,14H2. The Balaban J connectivity index is 1.34. The summed E-state index contributed by atoms with van der Waals surface area (Å²) in [5, 5.41) is 0.102. The molecule has 2 aliphatic rings. The number of halogens is 2. The Labute approximate surface area is 179 Å². The highest BCUT2D eigenvalue weighted by molar-refractivity contribution is 6.33. The quantitative estimate of drug-likeness (QED) is 0.746. The zero-order chi connectivity index (χ0) is 21.1. The van der Waals surface area contributed by atoms with Crippen LogP contribution in [0.4, 0.5) is 10.2 Å². The molecule has 0 N–H and O–H groups in total. The SMILES string of the molecule is O=C(c1ccc(F)cc1Cl)N1CCN(C(=O)C2CCCN(c3cnccn3)C2)CC1. The number of rotatable bonds is 3. The normalized spacial score (nSPS) is 19.7. The topological polar surface area (TPSA) is 69.6 Å². The van der Waals surface area contributed by atoms with E-state index in [0.717, 1.165) is 31.3 Å². The van der Waals surface area contributed by atoms with E-state index in [4.69, 9.17) is 11.6 Å². The number of carbonyl (C=O) groups is 2. The number of benzene rings is 1. The van der Waals surface area contributed by atoms with Gasteiger partial charge >= 0.3 is 0 Å². The van der Waals surface area contributed by atoms with Crippen molar-refractivity contribution >= 4 is 29.2 Å². The maximum Gasteiger partial charge on any atom is 0.255 e. The van der Waals surface area contributed by atoms with Crippen molar-refractivity contribution in [3.8, 4) is 0 Å². The number of aromatic nitrogens is 2. The van der Waals surface area contributed by atoms with Crippen LogP contribution in [0.1, 0.15) is 23.2 Å². The molecule has 1 aromatic carbocycles. The highest BCUT2D eigenvalue weighted by Crippen LogP contribution is 2.24. The molecule has 9 heteroatoms. The molecule has 0 saturated carbocycles. The van der Waals surface area contributed by atoms with Gasteiger partial charge in [0.15, 0.2) is 0 Å². The number of piperazine rings is 1. The summed E-state index contributed by atoms with van der Waals surface area (Å²) in [6.45, 7) is 3.30. The van der Waals surface area contributed by atoms with Crippen LogP contribution in [0.2, 0.25) is 5.02 Å². The van der Waals surface area contributed by atoms with Gasteiger partial charge in [-0.1, -0.05) is 11.6 Å². The molecule has 2 fully saturated rings. The number of piperidine rings is 1. The number of amides is 2. The molecule has 0 bridgehead atoms. The summed E-state index contributed by atoms with van der Waals surface area (Å²) in [6, 6.07) is 3.77. The molecule has 3 heterocycles. The second-order valence-corrected chi connectivity index (χ2v) is 8.00. The molecular weight excluding hydrogens is 409 g/mol. The summed E-state index contributed by atoms with van der Waals surface area (Å²) in [7, 11) is 0. The Kier molecular flexibility index (Phi) is 6.13. The Bertz CT molecular complexity index is 921. The Hall–Kier alpha value is -2.74. The molecular formula is C21H23ClFN5O2. The van der Waals surface area contributed by atoms with Gasteiger partial charge in [-0.2, -0.15) is 0 Å². The van der Waals surface area contributed by atoms with Crippen LogP contribution >= 0.6 is 11.6 Å². The molecule has 1 atom stereocenters. The number of carbonyl (C=O) groups excluding carboxylic acids is 2.